The molecule has 3 aromatic carbocycles. The fourth-order valence-electron chi connectivity index (χ4n) is 3.36. The SMILES string of the molecule is COc1ccc2ccc3c(c2c1)CC(N)C(c1ccccc1F)O3. The predicted octanol–water partition coefficient (Wildman–Crippen LogP) is 3.99. The molecule has 122 valence electrons. The summed E-state index contributed by atoms with van der Waals surface area (Å²) < 4.78 is 25.5. The van der Waals surface area contributed by atoms with Crippen molar-refractivity contribution >= 4 is 10.8 Å². The largest absolute Gasteiger partial charge is 0.497 e. The monoisotopic (exact) mass is 323 g/mol. The number of rotatable bonds is 2. The van der Waals surface area contributed by atoms with Crippen molar-refractivity contribution in [2.75, 3.05) is 7.11 Å². The molecule has 0 radical (unpaired) electrons. The van der Waals surface area contributed by atoms with Gasteiger partial charge in [0.1, 0.15) is 23.4 Å². The number of benzene rings is 3. The highest BCUT2D eigenvalue weighted by molar-refractivity contribution is 5.89. The number of hydrogen-bond donors (Lipinski definition) is 1. The Labute approximate surface area is 139 Å². The maximum Gasteiger partial charge on any atom is 0.142 e. The van der Waals surface area contributed by atoms with Crippen LogP contribution >= 0.6 is 0 Å². The van der Waals surface area contributed by atoms with E-state index in [1.165, 1.54) is 6.07 Å². The van der Waals surface area contributed by atoms with Crippen LogP contribution in [-0.4, -0.2) is 13.2 Å². The van der Waals surface area contributed by atoms with Gasteiger partial charge >= 0.3 is 0 Å². The minimum atomic E-state index is -0.484. The molecule has 2 N–H and O–H groups in total. The summed E-state index contributed by atoms with van der Waals surface area (Å²) in [5, 5.41) is 2.17. The Morgan fingerprint density at radius 1 is 1.12 bits per heavy atom. The Morgan fingerprint density at radius 3 is 2.71 bits per heavy atom. The van der Waals surface area contributed by atoms with Crippen molar-refractivity contribution in [1.29, 1.82) is 0 Å². The summed E-state index contributed by atoms with van der Waals surface area (Å²) in [5.41, 5.74) is 7.88. The van der Waals surface area contributed by atoms with Gasteiger partial charge in [0.05, 0.1) is 13.2 Å². The van der Waals surface area contributed by atoms with Crippen LogP contribution in [0.5, 0.6) is 11.5 Å². The van der Waals surface area contributed by atoms with E-state index in [4.69, 9.17) is 15.2 Å². The summed E-state index contributed by atoms with van der Waals surface area (Å²) in [6, 6.07) is 16.2. The third-order valence-electron chi connectivity index (χ3n) is 4.59. The number of nitrogens with two attached hydrogens (primary N) is 1. The lowest BCUT2D eigenvalue weighted by molar-refractivity contribution is 0.150. The van der Waals surface area contributed by atoms with E-state index in [-0.39, 0.29) is 11.9 Å². The molecule has 0 aliphatic carbocycles. The number of ether oxygens (including phenoxy) is 2. The molecule has 1 aliphatic rings. The first-order chi connectivity index (χ1) is 11.7. The van der Waals surface area contributed by atoms with E-state index in [1.54, 1.807) is 25.3 Å². The van der Waals surface area contributed by atoms with Crippen LogP contribution in [0, 0.1) is 5.82 Å². The van der Waals surface area contributed by atoms with E-state index in [1.807, 2.05) is 30.3 Å². The van der Waals surface area contributed by atoms with Gasteiger partial charge < -0.3 is 15.2 Å². The first kappa shape index (κ1) is 15.0. The van der Waals surface area contributed by atoms with Gasteiger partial charge in [0.25, 0.3) is 0 Å². The van der Waals surface area contributed by atoms with Crippen LogP contribution in [0.3, 0.4) is 0 Å². The number of methoxy groups -OCH3 is 1. The quantitative estimate of drug-likeness (QED) is 0.775. The topological polar surface area (TPSA) is 44.5 Å². The maximum atomic E-state index is 14.1. The van der Waals surface area contributed by atoms with Gasteiger partial charge in [0.15, 0.2) is 0 Å². The van der Waals surface area contributed by atoms with Gasteiger partial charge in [0.2, 0.25) is 0 Å². The Hall–Kier alpha value is -2.59. The second-order valence-electron chi connectivity index (χ2n) is 6.06. The molecular weight excluding hydrogens is 305 g/mol. The van der Waals surface area contributed by atoms with Crippen molar-refractivity contribution in [2.45, 2.75) is 18.6 Å². The highest BCUT2D eigenvalue weighted by Crippen LogP contribution is 2.39. The first-order valence-electron chi connectivity index (χ1n) is 7.93. The second-order valence-corrected chi connectivity index (χ2v) is 6.06. The molecule has 1 heterocycles. The van der Waals surface area contributed by atoms with Crippen LogP contribution in [0.25, 0.3) is 10.8 Å². The number of halogens is 1. The Morgan fingerprint density at radius 2 is 1.92 bits per heavy atom. The molecule has 2 unspecified atom stereocenters. The lowest BCUT2D eigenvalue weighted by Crippen LogP contribution is -2.38. The molecule has 24 heavy (non-hydrogen) atoms. The van der Waals surface area contributed by atoms with Crippen molar-refractivity contribution in [2.24, 2.45) is 5.73 Å². The lowest BCUT2D eigenvalue weighted by atomic mass is 9.90. The molecule has 0 saturated carbocycles. The second kappa shape index (κ2) is 5.80. The van der Waals surface area contributed by atoms with Gasteiger partial charge in [-0.05, 0) is 41.5 Å². The standard InChI is InChI=1S/C20H18FNO2/c1-23-13-8-6-12-7-9-19-16(15(12)10-13)11-18(22)20(24-19)14-4-2-3-5-17(14)21/h2-10,18,20H,11,22H2,1H3. The van der Waals surface area contributed by atoms with Crippen LogP contribution in [0.15, 0.2) is 54.6 Å². The fourth-order valence-corrected chi connectivity index (χ4v) is 3.36. The van der Waals surface area contributed by atoms with Crippen molar-refractivity contribution in [1.82, 2.24) is 0 Å². The van der Waals surface area contributed by atoms with Crippen molar-refractivity contribution in [3.63, 3.8) is 0 Å². The molecule has 0 spiro atoms. The van der Waals surface area contributed by atoms with Gasteiger partial charge in [-0.2, -0.15) is 0 Å². The smallest absolute Gasteiger partial charge is 0.142 e. The average Bonchev–Trinajstić information content (AvgIpc) is 2.61. The molecule has 3 nitrogen and oxygen atoms in total. The minimum absolute atomic E-state index is 0.288. The molecule has 2 atom stereocenters. The summed E-state index contributed by atoms with van der Waals surface area (Å²) in [6.45, 7) is 0. The molecule has 1 aliphatic heterocycles. The lowest BCUT2D eigenvalue weighted by Gasteiger charge is -2.32. The fraction of sp³-hybridized carbons (Fsp3) is 0.200. The molecule has 0 aromatic heterocycles. The highest BCUT2D eigenvalue weighted by atomic mass is 19.1. The first-order valence-corrected chi connectivity index (χ1v) is 7.93. The molecule has 0 bridgehead atoms. The number of fused-ring (bicyclic) bond motifs is 3. The molecule has 0 saturated heterocycles. The van der Waals surface area contributed by atoms with Crippen LogP contribution in [-0.2, 0) is 6.42 Å². The van der Waals surface area contributed by atoms with E-state index >= 15 is 0 Å². The molecule has 0 fully saturated rings. The van der Waals surface area contributed by atoms with E-state index in [2.05, 4.69) is 0 Å². The average molecular weight is 323 g/mol. The van der Waals surface area contributed by atoms with Crippen molar-refractivity contribution in [3.8, 4) is 11.5 Å². The molecular formula is C20H18FNO2. The van der Waals surface area contributed by atoms with Gasteiger partial charge in [-0.25, -0.2) is 4.39 Å². The summed E-state index contributed by atoms with van der Waals surface area (Å²) in [6.07, 6.45) is 0.139. The summed E-state index contributed by atoms with van der Waals surface area (Å²) in [7, 11) is 1.65. The van der Waals surface area contributed by atoms with E-state index in [0.29, 0.717) is 12.0 Å². The Balaban J connectivity index is 1.80. The molecule has 4 heteroatoms. The summed E-state index contributed by atoms with van der Waals surface area (Å²) >= 11 is 0. The Kier molecular flexibility index (Phi) is 3.62. The van der Waals surface area contributed by atoms with Crippen LogP contribution in [0.1, 0.15) is 17.2 Å². The summed E-state index contributed by atoms with van der Waals surface area (Å²) in [4.78, 5) is 0. The van der Waals surface area contributed by atoms with Gasteiger partial charge in [-0.1, -0.05) is 30.3 Å². The van der Waals surface area contributed by atoms with E-state index in [9.17, 15) is 4.39 Å². The van der Waals surface area contributed by atoms with Gasteiger partial charge in [-0.15, -0.1) is 0 Å². The van der Waals surface area contributed by atoms with E-state index < -0.39 is 6.10 Å². The van der Waals surface area contributed by atoms with Crippen molar-refractivity contribution < 1.29 is 13.9 Å². The van der Waals surface area contributed by atoms with Gasteiger partial charge in [0, 0.05) is 11.1 Å². The van der Waals surface area contributed by atoms with E-state index in [0.717, 1.165) is 27.8 Å². The predicted molar refractivity (Wildman–Crippen MR) is 91.9 cm³/mol. The molecule has 4 rings (SSSR count). The normalized spacial score (nSPS) is 19.6. The third-order valence-corrected chi connectivity index (χ3v) is 4.59. The van der Waals surface area contributed by atoms with Crippen LogP contribution in [0.2, 0.25) is 0 Å². The molecule has 3 aromatic rings. The zero-order valence-corrected chi connectivity index (χ0v) is 13.3. The zero-order valence-electron chi connectivity index (χ0n) is 13.3. The van der Waals surface area contributed by atoms with Crippen molar-refractivity contribution in [3.05, 3.63) is 71.5 Å². The van der Waals surface area contributed by atoms with Crippen LogP contribution < -0.4 is 15.2 Å². The van der Waals surface area contributed by atoms with Crippen LogP contribution in [0.4, 0.5) is 4.39 Å². The minimum Gasteiger partial charge on any atom is -0.497 e. The molecule has 0 amide bonds. The zero-order chi connectivity index (χ0) is 16.7. The number of hydrogen-bond acceptors (Lipinski definition) is 3. The van der Waals surface area contributed by atoms with Gasteiger partial charge in [-0.3, -0.25) is 0 Å². The summed E-state index contributed by atoms with van der Waals surface area (Å²) in [5.74, 6) is 1.26. The highest BCUT2D eigenvalue weighted by Gasteiger charge is 2.31. The Bertz CT molecular complexity index is 909. The third kappa shape index (κ3) is 2.39. The maximum absolute atomic E-state index is 14.1.